The van der Waals surface area contributed by atoms with Gasteiger partial charge < -0.3 is 15.0 Å². The summed E-state index contributed by atoms with van der Waals surface area (Å²) in [4.78, 5) is 12.0. The van der Waals surface area contributed by atoms with Gasteiger partial charge in [-0.25, -0.2) is 9.97 Å². The van der Waals surface area contributed by atoms with Crippen molar-refractivity contribution in [3.8, 4) is 17.1 Å². The quantitative estimate of drug-likeness (QED) is 0.804. The molecule has 5 nitrogen and oxygen atoms in total. The molecule has 0 bridgehead atoms. The highest BCUT2D eigenvalue weighted by atomic mass is 16.5. The van der Waals surface area contributed by atoms with Gasteiger partial charge in [0, 0.05) is 31.6 Å². The molecule has 1 aliphatic heterocycles. The molecule has 1 N–H and O–H groups in total. The molecular weight excluding hydrogens is 300 g/mol. The molecule has 0 atom stereocenters. The van der Waals surface area contributed by atoms with Gasteiger partial charge >= 0.3 is 0 Å². The molecule has 1 fully saturated rings. The second kappa shape index (κ2) is 6.45. The van der Waals surface area contributed by atoms with Crippen LogP contribution in [0.1, 0.15) is 0 Å². The molecule has 0 aliphatic carbocycles. The zero-order valence-electron chi connectivity index (χ0n) is 13.7. The molecule has 2 aromatic carbocycles. The Kier molecular flexibility index (Phi) is 4.01. The van der Waals surface area contributed by atoms with Gasteiger partial charge in [0.25, 0.3) is 0 Å². The number of hydrogen-bond acceptors (Lipinski definition) is 5. The van der Waals surface area contributed by atoms with Crippen LogP contribution in [-0.4, -0.2) is 43.3 Å². The average Bonchev–Trinajstić information content (AvgIpc) is 2.67. The van der Waals surface area contributed by atoms with Crippen LogP contribution in [0.4, 0.5) is 5.82 Å². The SMILES string of the molecule is COc1ccccc1-c1nc(N2CCNCC2)c2ccccc2n1. The van der Waals surface area contributed by atoms with Crippen molar-refractivity contribution in [1.82, 2.24) is 15.3 Å². The number of hydrogen-bond donors (Lipinski definition) is 1. The van der Waals surface area contributed by atoms with Crippen LogP contribution in [0.3, 0.4) is 0 Å². The topological polar surface area (TPSA) is 50.3 Å². The number of nitrogens with zero attached hydrogens (tertiary/aromatic N) is 3. The maximum Gasteiger partial charge on any atom is 0.165 e. The van der Waals surface area contributed by atoms with Crippen LogP contribution in [0.15, 0.2) is 48.5 Å². The van der Waals surface area contributed by atoms with Crippen molar-refractivity contribution >= 4 is 16.7 Å². The third-order valence-corrected chi connectivity index (χ3v) is 4.35. The fourth-order valence-corrected chi connectivity index (χ4v) is 3.13. The van der Waals surface area contributed by atoms with Crippen LogP contribution in [0.25, 0.3) is 22.3 Å². The Bertz CT molecular complexity index is 859. The molecule has 5 heteroatoms. The third-order valence-electron chi connectivity index (χ3n) is 4.35. The Morgan fingerprint density at radius 3 is 2.54 bits per heavy atom. The predicted octanol–water partition coefficient (Wildman–Crippen LogP) is 2.72. The number of ether oxygens (including phenoxy) is 1. The minimum absolute atomic E-state index is 0.708. The van der Waals surface area contributed by atoms with E-state index in [1.54, 1.807) is 7.11 Å². The fraction of sp³-hybridized carbons (Fsp3) is 0.263. The van der Waals surface area contributed by atoms with E-state index in [1.165, 1.54) is 0 Å². The van der Waals surface area contributed by atoms with Crippen molar-refractivity contribution in [3.63, 3.8) is 0 Å². The van der Waals surface area contributed by atoms with E-state index in [4.69, 9.17) is 14.7 Å². The molecule has 0 radical (unpaired) electrons. The van der Waals surface area contributed by atoms with Crippen LogP contribution >= 0.6 is 0 Å². The van der Waals surface area contributed by atoms with Gasteiger partial charge in [-0.15, -0.1) is 0 Å². The second-order valence-corrected chi connectivity index (χ2v) is 5.83. The zero-order chi connectivity index (χ0) is 16.4. The van der Waals surface area contributed by atoms with Crippen molar-refractivity contribution in [3.05, 3.63) is 48.5 Å². The lowest BCUT2D eigenvalue weighted by molar-refractivity contribution is 0.416. The summed E-state index contributed by atoms with van der Waals surface area (Å²) in [6.07, 6.45) is 0. The molecule has 4 rings (SSSR count). The summed E-state index contributed by atoms with van der Waals surface area (Å²) >= 11 is 0. The van der Waals surface area contributed by atoms with Crippen LogP contribution in [0.2, 0.25) is 0 Å². The lowest BCUT2D eigenvalue weighted by Gasteiger charge is -2.29. The van der Waals surface area contributed by atoms with Crippen molar-refractivity contribution < 1.29 is 4.74 Å². The summed E-state index contributed by atoms with van der Waals surface area (Å²) in [5, 5.41) is 4.49. The standard InChI is InChI=1S/C19H20N4O/c1-24-17-9-5-3-7-15(17)18-21-16-8-4-2-6-14(16)19(22-18)23-12-10-20-11-13-23/h2-9,20H,10-13H2,1H3. The van der Waals surface area contributed by atoms with Gasteiger partial charge in [-0.2, -0.15) is 0 Å². The summed E-state index contributed by atoms with van der Waals surface area (Å²) in [6, 6.07) is 16.1. The smallest absolute Gasteiger partial charge is 0.165 e. The molecule has 122 valence electrons. The molecule has 2 heterocycles. The molecule has 0 spiro atoms. The van der Waals surface area contributed by atoms with E-state index in [0.717, 1.165) is 54.2 Å². The van der Waals surface area contributed by atoms with E-state index in [9.17, 15) is 0 Å². The fourth-order valence-electron chi connectivity index (χ4n) is 3.13. The molecule has 3 aromatic rings. The monoisotopic (exact) mass is 320 g/mol. The Morgan fingerprint density at radius 1 is 0.958 bits per heavy atom. The van der Waals surface area contributed by atoms with Gasteiger partial charge in [-0.3, -0.25) is 0 Å². The molecule has 0 unspecified atom stereocenters. The largest absolute Gasteiger partial charge is 0.496 e. The van der Waals surface area contributed by atoms with Gasteiger partial charge in [-0.1, -0.05) is 24.3 Å². The van der Waals surface area contributed by atoms with Gasteiger partial charge in [0.2, 0.25) is 0 Å². The normalized spacial score (nSPS) is 14.8. The zero-order valence-corrected chi connectivity index (χ0v) is 13.7. The van der Waals surface area contributed by atoms with Crippen LogP contribution in [-0.2, 0) is 0 Å². The summed E-state index contributed by atoms with van der Waals surface area (Å²) in [6.45, 7) is 3.85. The first-order valence-corrected chi connectivity index (χ1v) is 8.22. The van der Waals surface area contributed by atoms with Crippen LogP contribution in [0.5, 0.6) is 5.75 Å². The van der Waals surface area contributed by atoms with Gasteiger partial charge in [0.05, 0.1) is 18.2 Å². The van der Waals surface area contributed by atoms with Gasteiger partial charge in [0.15, 0.2) is 5.82 Å². The maximum absolute atomic E-state index is 5.49. The third kappa shape index (κ3) is 2.67. The van der Waals surface area contributed by atoms with Crippen LogP contribution in [0, 0.1) is 0 Å². The van der Waals surface area contributed by atoms with Gasteiger partial charge in [0.1, 0.15) is 11.6 Å². The van der Waals surface area contributed by atoms with Crippen LogP contribution < -0.4 is 15.0 Å². The number of fused-ring (bicyclic) bond motifs is 1. The first-order valence-electron chi connectivity index (χ1n) is 8.22. The summed E-state index contributed by atoms with van der Waals surface area (Å²) in [5.74, 6) is 2.50. The first kappa shape index (κ1) is 14.9. The summed E-state index contributed by atoms with van der Waals surface area (Å²) < 4.78 is 5.49. The molecule has 1 saturated heterocycles. The van der Waals surface area contributed by atoms with E-state index in [2.05, 4.69) is 16.3 Å². The molecule has 24 heavy (non-hydrogen) atoms. The minimum Gasteiger partial charge on any atom is -0.496 e. The number of nitrogens with one attached hydrogen (secondary N) is 1. The Morgan fingerprint density at radius 2 is 1.71 bits per heavy atom. The number of para-hydroxylation sites is 2. The van der Waals surface area contributed by atoms with E-state index < -0.39 is 0 Å². The van der Waals surface area contributed by atoms with E-state index >= 15 is 0 Å². The van der Waals surface area contributed by atoms with Gasteiger partial charge in [-0.05, 0) is 24.3 Å². The highest BCUT2D eigenvalue weighted by Crippen LogP contribution is 2.31. The highest BCUT2D eigenvalue weighted by Gasteiger charge is 2.18. The Hall–Kier alpha value is -2.66. The first-order chi connectivity index (χ1) is 11.9. The molecular formula is C19H20N4O. The molecule has 0 saturated carbocycles. The van der Waals surface area contributed by atoms with Crippen molar-refractivity contribution in [2.24, 2.45) is 0 Å². The van der Waals surface area contributed by atoms with Crippen molar-refractivity contribution in [1.29, 1.82) is 0 Å². The number of rotatable bonds is 3. The lowest BCUT2D eigenvalue weighted by Crippen LogP contribution is -2.44. The number of methoxy groups -OCH3 is 1. The Labute approximate surface area is 141 Å². The number of piperazine rings is 1. The lowest BCUT2D eigenvalue weighted by atomic mass is 10.1. The summed E-state index contributed by atoms with van der Waals surface area (Å²) in [5.41, 5.74) is 1.88. The van der Waals surface area contributed by atoms with E-state index in [0.29, 0.717) is 5.82 Å². The Balaban J connectivity index is 1.91. The predicted molar refractivity (Wildman–Crippen MR) is 96.6 cm³/mol. The van der Waals surface area contributed by atoms with E-state index in [1.807, 2.05) is 42.5 Å². The second-order valence-electron chi connectivity index (χ2n) is 5.83. The maximum atomic E-state index is 5.49. The van der Waals surface area contributed by atoms with Crippen molar-refractivity contribution in [2.75, 3.05) is 38.2 Å². The van der Waals surface area contributed by atoms with E-state index in [-0.39, 0.29) is 0 Å². The number of aromatic nitrogens is 2. The van der Waals surface area contributed by atoms with Crippen molar-refractivity contribution in [2.45, 2.75) is 0 Å². The molecule has 1 aromatic heterocycles. The number of anilines is 1. The highest BCUT2D eigenvalue weighted by molar-refractivity contribution is 5.91. The number of benzene rings is 2. The molecule has 0 amide bonds. The average molecular weight is 320 g/mol. The molecule has 1 aliphatic rings. The minimum atomic E-state index is 0.708. The summed E-state index contributed by atoms with van der Waals surface area (Å²) in [7, 11) is 1.68.